The number of hydrogen-bond acceptors (Lipinski definition) is 3. The van der Waals surface area contributed by atoms with Crippen LogP contribution >= 0.6 is 0 Å². The van der Waals surface area contributed by atoms with Crippen LogP contribution in [-0.2, 0) is 9.47 Å². The summed E-state index contributed by atoms with van der Waals surface area (Å²) in [6.07, 6.45) is 4.03. The minimum absolute atomic E-state index is 0.0752. The number of methoxy groups -OCH3 is 1. The van der Waals surface area contributed by atoms with Crippen LogP contribution in [0.5, 0.6) is 0 Å². The van der Waals surface area contributed by atoms with Crippen molar-refractivity contribution in [1.82, 2.24) is 5.32 Å². The Kier molecular flexibility index (Phi) is 7.21. The molecule has 1 fully saturated rings. The van der Waals surface area contributed by atoms with Crippen molar-refractivity contribution in [3.63, 3.8) is 0 Å². The molecule has 0 radical (unpaired) electrons. The van der Waals surface area contributed by atoms with Crippen LogP contribution in [0.4, 0.5) is 4.79 Å². The van der Waals surface area contributed by atoms with Gasteiger partial charge >= 0.3 is 6.09 Å². The molecular weight excluding hydrogens is 242 g/mol. The van der Waals surface area contributed by atoms with E-state index in [1.54, 1.807) is 7.11 Å². The number of rotatable bonds is 6. The summed E-state index contributed by atoms with van der Waals surface area (Å²) in [5, 5.41) is 2.80. The highest BCUT2D eigenvalue weighted by atomic mass is 16.6. The monoisotopic (exact) mass is 271 g/mol. The number of alkyl carbamates (subject to hydrolysis) is 1. The van der Waals surface area contributed by atoms with E-state index < -0.39 is 0 Å². The van der Waals surface area contributed by atoms with Gasteiger partial charge in [-0.1, -0.05) is 27.2 Å². The fourth-order valence-electron chi connectivity index (χ4n) is 2.84. The fraction of sp³-hybridized carbons (Fsp3) is 0.933. The van der Waals surface area contributed by atoms with Crippen molar-refractivity contribution in [2.75, 3.05) is 20.3 Å². The van der Waals surface area contributed by atoms with Gasteiger partial charge in [0.2, 0.25) is 0 Å². The van der Waals surface area contributed by atoms with Crippen molar-refractivity contribution in [2.24, 2.45) is 17.8 Å². The second kappa shape index (κ2) is 8.41. The molecule has 4 nitrogen and oxygen atoms in total. The smallest absolute Gasteiger partial charge is 0.407 e. The minimum atomic E-state index is -0.277. The molecule has 1 rings (SSSR count). The lowest BCUT2D eigenvalue weighted by atomic mass is 9.75. The van der Waals surface area contributed by atoms with Crippen molar-refractivity contribution in [2.45, 2.75) is 52.6 Å². The van der Waals surface area contributed by atoms with Crippen molar-refractivity contribution in [1.29, 1.82) is 0 Å². The number of nitrogens with one attached hydrogen (secondary N) is 1. The second-order valence-corrected chi connectivity index (χ2v) is 6.04. The van der Waals surface area contributed by atoms with E-state index in [9.17, 15) is 4.79 Å². The summed E-state index contributed by atoms with van der Waals surface area (Å²) in [7, 11) is 1.66. The third-order valence-electron chi connectivity index (χ3n) is 4.01. The van der Waals surface area contributed by atoms with Crippen molar-refractivity contribution < 1.29 is 14.3 Å². The summed E-state index contributed by atoms with van der Waals surface area (Å²) in [6, 6.07) is 0. The Morgan fingerprint density at radius 1 is 1.37 bits per heavy atom. The van der Waals surface area contributed by atoms with E-state index in [1.807, 2.05) is 0 Å². The van der Waals surface area contributed by atoms with Gasteiger partial charge in [0.05, 0.1) is 0 Å². The van der Waals surface area contributed by atoms with E-state index in [0.29, 0.717) is 30.9 Å². The maximum absolute atomic E-state index is 11.8. The Hall–Kier alpha value is -0.770. The quantitative estimate of drug-likeness (QED) is 0.755. The lowest BCUT2D eigenvalue weighted by molar-refractivity contribution is 0.00609. The van der Waals surface area contributed by atoms with Crippen LogP contribution in [0, 0.1) is 17.8 Å². The molecule has 1 saturated carbocycles. The molecule has 2 unspecified atom stereocenters. The third-order valence-corrected chi connectivity index (χ3v) is 4.01. The van der Waals surface area contributed by atoms with Gasteiger partial charge in [-0.05, 0) is 37.0 Å². The van der Waals surface area contributed by atoms with E-state index in [4.69, 9.17) is 9.47 Å². The number of ether oxygens (including phenoxy) is 2. The summed E-state index contributed by atoms with van der Waals surface area (Å²) < 4.78 is 10.6. The fourth-order valence-corrected chi connectivity index (χ4v) is 2.84. The molecule has 0 spiro atoms. The van der Waals surface area contributed by atoms with Gasteiger partial charge in [-0.2, -0.15) is 0 Å². The molecule has 1 N–H and O–H groups in total. The molecule has 0 aromatic carbocycles. The van der Waals surface area contributed by atoms with Gasteiger partial charge in [0.15, 0.2) is 0 Å². The zero-order valence-electron chi connectivity index (χ0n) is 12.8. The second-order valence-electron chi connectivity index (χ2n) is 6.04. The summed E-state index contributed by atoms with van der Waals surface area (Å²) >= 11 is 0. The van der Waals surface area contributed by atoms with Crippen LogP contribution in [0.15, 0.2) is 0 Å². The molecule has 3 atom stereocenters. The van der Waals surface area contributed by atoms with Crippen LogP contribution < -0.4 is 5.32 Å². The average molecular weight is 271 g/mol. The molecule has 19 heavy (non-hydrogen) atoms. The van der Waals surface area contributed by atoms with Gasteiger partial charge in [0.1, 0.15) is 6.10 Å². The summed E-state index contributed by atoms with van der Waals surface area (Å²) in [5.74, 6) is 1.72. The first-order valence-corrected chi connectivity index (χ1v) is 7.48. The Morgan fingerprint density at radius 3 is 2.74 bits per heavy atom. The van der Waals surface area contributed by atoms with Gasteiger partial charge in [-0.25, -0.2) is 4.79 Å². The molecule has 0 aromatic heterocycles. The zero-order valence-corrected chi connectivity index (χ0v) is 12.8. The van der Waals surface area contributed by atoms with Gasteiger partial charge in [-0.3, -0.25) is 0 Å². The van der Waals surface area contributed by atoms with E-state index in [1.165, 1.54) is 12.8 Å². The predicted molar refractivity (Wildman–Crippen MR) is 76.1 cm³/mol. The Labute approximate surface area is 117 Å². The first-order valence-electron chi connectivity index (χ1n) is 7.48. The average Bonchev–Trinajstić information content (AvgIpc) is 2.34. The zero-order chi connectivity index (χ0) is 14.3. The molecule has 1 amide bonds. The Bertz CT molecular complexity index is 268. The molecular formula is C15H29NO3. The summed E-state index contributed by atoms with van der Waals surface area (Å²) in [4.78, 5) is 11.8. The highest BCUT2D eigenvalue weighted by molar-refractivity contribution is 5.67. The molecule has 1 aliphatic carbocycles. The molecule has 112 valence electrons. The Morgan fingerprint density at radius 2 is 2.11 bits per heavy atom. The van der Waals surface area contributed by atoms with Crippen molar-refractivity contribution >= 4 is 6.09 Å². The predicted octanol–water partition coefficient (Wildman–Crippen LogP) is 3.21. The van der Waals surface area contributed by atoms with Gasteiger partial charge in [0, 0.05) is 20.3 Å². The number of hydrogen-bond donors (Lipinski definition) is 1. The number of carbonyl (C=O) groups is 1. The van der Waals surface area contributed by atoms with Crippen molar-refractivity contribution in [3.8, 4) is 0 Å². The maximum atomic E-state index is 11.8. The molecule has 0 bridgehead atoms. The van der Waals surface area contributed by atoms with Gasteiger partial charge < -0.3 is 14.8 Å². The largest absolute Gasteiger partial charge is 0.446 e. The van der Waals surface area contributed by atoms with Crippen LogP contribution in [0.25, 0.3) is 0 Å². The third kappa shape index (κ3) is 5.81. The number of amides is 1. The normalized spacial score (nSPS) is 27.3. The molecule has 4 heteroatoms. The standard InChI is InChI=1S/C15H29NO3/c1-11(2)13-7-6-12(3)10-14(13)19-15(17)16-8-5-9-18-4/h11-14H,5-10H2,1-4H3,(H,16,17)/t12?,13-,14?/m0/s1. The first kappa shape index (κ1) is 16.3. The van der Waals surface area contributed by atoms with Crippen LogP contribution in [0.2, 0.25) is 0 Å². The van der Waals surface area contributed by atoms with E-state index in [-0.39, 0.29) is 12.2 Å². The maximum Gasteiger partial charge on any atom is 0.407 e. The molecule has 1 aliphatic rings. The minimum Gasteiger partial charge on any atom is -0.446 e. The molecule has 0 aliphatic heterocycles. The summed E-state index contributed by atoms with van der Waals surface area (Å²) in [6.45, 7) is 7.95. The lowest BCUT2D eigenvalue weighted by Gasteiger charge is -2.36. The van der Waals surface area contributed by atoms with E-state index >= 15 is 0 Å². The van der Waals surface area contributed by atoms with Gasteiger partial charge in [-0.15, -0.1) is 0 Å². The summed E-state index contributed by atoms with van der Waals surface area (Å²) in [5.41, 5.74) is 0. The highest BCUT2D eigenvalue weighted by Gasteiger charge is 2.33. The lowest BCUT2D eigenvalue weighted by Crippen LogP contribution is -2.39. The van der Waals surface area contributed by atoms with Crippen LogP contribution in [-0.4, -0.2) is 32.5 Å². The topological polar surface area (TPSA) is 47.6 Å². The number of carbonyl (C=O) groups excluding carboxylic acids is 1. The van der Waals surface area contributed by atoms with Crippen LogP contribution in [0.1, 0.15) is 46.5 Å². The van der Waals surface area contributed by atoms with Gasteiger partial charge in [0.25, 0.3) is 0 Å². The van der Waals surface area contributed by atoms with Crippen molar-refractivity contribution in [3.05, 3.63) is 0 Å². The van der Waals surface area contributed by atoms with E-state index in [0.717, 1.165) is 12.8 Å². The highest BCUT2D eigenvalue weighted by Crippen LogP contribution is 2.35. The molecule has 0 heterocycles. The van der Waals surface area contributed by atoms with E-state index in [2.05, 4.69) is 26.1 Å². The van der Waals surface area contributed by atoms with Crippen LogP contribution in [0.3, 0.4) is 0 Å². The Balaban J connectivity index is 2.36. The first-order chi connectivity index (χ1) is 9.04. The SMILES string of the molecule is COCCCNC(=O)OC1CC(C)CC[C@H]1C(C)C. The molecule has 0 saturated heterocycles. The molecule has 0 aromatic rings.